The van der Waals surface area contributed by atoms with E-state index in [0.29, 0.717) is 11.4 Å². The Kier molecular flexibility index (Phi) is 6.86. The van der Waals surface area contributed by atoms with Gasteiger partial charge in [-0.3, -0.25) is 4.79 Å². The molecule has 7 nitrogen and oxygen atoms in total. The third kappa shape index (κ3) is 5.99. The maximum absolute atomic E-state index is 12.0. The molecule has 1 heterocycles. The van der Waals surface area contributed by atoms with Crippen molar-refractivity contribution in [3.63, 3.8) is 0 Å². The van der Waals surface area contributed by atoms with Gasteiger partial charge in [0.05, 0.1) is 13.2 Å². The zero-order valence-electron chi connectivity index (χ0n) is 15.8. The molecule has 0 aromatic heterocycles. The molecule has 0 spiro atoms. The Bertz CT molecular complexity index is 801. The first-order valence-electron chi connectivity index (χ1n) is 9.18. The Balaban J connectivity index is 1.39. The van der Waals surface area contributed by atoms with Crippen molar-refractivity contribution < 1.29 is 23.8 Å². The maximum Gasteiger partial charge on any atom is 0.344 e. The Hall–Kier alpha value is -3.06. The number of anilines is 2. The molecule has 2 aromatic rings. The standard InChI is InChI=1S/C21H24N2O5/c1-16-3-2-4-19(13-16)27-15-21(25)28-14-20(24)22-17-5-7-18(8-6-17)23-9-11-26-12-10-23/h2-8,13H,9-12,14-15H2,1H3,(H,22,24). The number of carbonyl (C=O) groups is 2. The van der Waals surface area contributed by atoms with Gasteiger partial charge in [0.25, 0.3) is 5.91 Å². The molecular formula is C21H24N2O5. The summed E-state index contributed by atoms with van der Waals surface area (Å²) in [5.74, 6) is -0.413. The van der Waals surface area contributed by atoms with Crippen LogP contribution in [0.15, 0.2) is 48.5 Å². The van der Waals surface area contributed by atoms with Gasteiger partial charge in [-0.25, -0.2) is 4.79 Å². The summed E-state index contributed by atoms with van der Waals surface area (Å²) in [6, 6.07) is 14.9. The average Bonchev–Trinajstić information content (AvgIpc) is 2.72. The summed E-state index contributed by atoms with van der Waals surface area (Å²) in [4.78, 5) is 25.9. The average molecular weight is 384 g/mol. The van der Waals surface area contributed by atoms with E-state index in [2.05, 4.69) is 10.2 Å². The number of hydrogen-bond acceptors (Lipinski definition) is 6. The van der Waals surface area contributed by atoms with Crippen LogP contribution in [-0.2, 0) is 19.1 Å². The minimum atomic E-state index is -0.598. The van der Waals surface area contributed by atoms with Crippen molar-refractivity contribution >= 4 is 23.3 Å². The zero-order valence-corrected chi connectivity index (χ0v) is 15.8. The molecule has 1 saturated heterocycles. The first-order chi connectivity index (χ1) is 13.6. The van der Waals surface area contributed by atoms with Crippen LogP contribution in [-0.4, -0.2) is 51.4 Å². The van der Waals surface area contributed by atoms with Crippen LogP contribution < -0.4 is 15.0 Å². The lowest BCUT2D eigenvalue weighted by atomic mass is 10.2. The van der Waals surface area contributed by atoms with Crippen LogP contribution in [0, 0.1) is 6.92 Å². The van der Waals surface area contributed by atoms with Crippen molar-refractivity contribution in [2.24, 2.45) is 0 Å². The van der Waals surface area contributed by atoms with Gasteiger partial charge in [-0.1, -0.05) is 12.1 Å². The van der Waals surface area contributed by atoms with Gasteiger partial charge in [0.15, 0.2) is 13.2 Å². The number of morpholine rings is 1. The van der Waals surface area contributed by atoms with E-state index < -0.39 is 11.9 Å². The molecule has 1 aliphatic rings. The summed E-state index contributed by atoms with van der Waals surface area (Å²) < 4.78 is 15.6. The van der Waals surface area contributed by atoms with E-state index in [1.807, 2.05) is 49.4 Å². The van der Waals surface area contributed by atoms with Crippen molar-refractivity contribution in [3.8, 4) is 5.75 Å². The quantitative estimate of drug-likeness (QED) is 0.739. The summed E-state index contributed by atoms with van der Waals surface area (Å²) in [6.45, 7) is 4.47. The molecule has 0 unspecified atom stereocenters. The number of nitrogens with zero attached hydrogens (tertiary/aromatic N) is 1. The van der Waals surface area contributed by atoms with E-state index in [9.17, 15) is 9.59 Å². The second-order valence-corrected chi connectivity index (χ2v) is 6.46. The fourth-order valence-electron chi connectivity index (χ4n) is 2.81. The third-order valence-corrected chi connectivity index (χ3v) is 4.24. The lowest BCUT2D eigenvalue weighted by molar-refractivity contribution is -0.149. The second-order valence-electron chi connectivity index (χ2n) is 6.46. The zero-order chi connectivity index (χ0) is 19.8. The van der Waals surface area contributed by atoms with Crippen molar-refractivity contribution in [2.75, 3.05) is 49.7 Å². The van der Waals surface area contributed by atoms with E-state index in [1.165, 1.54) is 0 Å². The number of esters is 1. The monoisotopic (exact) mass is 384 g/mol. The SMILES string of the molecule is Cc1cccc(OCC(=O)OCC(=O)Nc2ccc(N3CCOCC3)cc2)c1. The third-order valence-electron chi connectivity index (χ3n) is 4.24. The van der Waals surface area contributed by atoms with Crippen molar-refractivity contribution in [1.82, 2.24) is 0 Å². The van der Waals surface area contributed by atoms with Gasteiger partial charge in [-0.05, 0) is 48.9 Å². The van der Waals surface area contributed by atoms with Crippen LogP contribution in [0.2, 0.25) is 0 Å². The highest BCUT2D eigenvalue weighted by Gasteiger charge is 2.12. The highest BCUT2D eigenvalue weighted by Crippen LogP contribution is 2.19. The minimum Gasteiger partial charge on any atom is -0.482 e. The van der Waals surface area contributed by atoms with Crippen molar-refractivity contribution in [2.45, 2.75) is 6.92 Å². The fraction of sp³-hybridized carbons (Fsp3) is 0.333. The van der Waals surface area contributed by atoms with Crippen molar-refractivity contribution in [3.05, 3.63) is 54.1 Å². The van der Waals surface area contributed by atoms with Crippen LogP contribution in [0.5, 0.6) is 5.75 Å². The molecule has 0 saturated carbocycles. The summed E-state index contributed by atoms with van der Waals surface area (Å²) in [6.07, 6.45) is 0. The van der Waals surface area contributed by atoms with Gasteiger partial charge in [-0.2, -0.15) is 0 Å². The molecule has 148 valence electrons. The van der Waals surface area contributed by atoms with Gasteiger partial charge in [0.2, 0.25) is 0 Å². The van der Waals surface area contributed by atoms with Crippen LogP contribution in [0.4, 0.5) is 11.4 Å². The molecule has 1 fully saturated rings. The first-order valence-corrected chi connectivity index (χ1v) is 9.18. The van der Waals surface area contributed by atoms with E-state index in [0.717, 1.165) is 37.6 Å². The van der Waals surface area contributed by atoms with E-state index in [4.69, 9.17) is 14.2 Å². The van der Waals surface area contributed by atoms with Gasteiger partial charge >= 0.3 is 5.97 Å². The molecule has 0 bridgehead atoms. The molecule has 3 rings (SSSR count). The van der Waals surface area contributed by atoms with Gasteiger partial charge in [-0.15, -0.1) is 0 Å². The normalized spacial score (nSPS) is 13.7. The lowest BCUT2D eigenvalue weighted by Crippen LogP contribution is -2.36. The molecule has 28 heavy (non-hydrogen) atoms. The van der Waals surface area contributed by atoms with E-state index >= 15 is 0 Å². The number of amides is 1. The maximum atomic E-state index is 12.0. The number of benzene rings is 2. The van der Waals surface area contributed by atoms with Gasteiger partial charge < -0.3 is 24.4 Å². The number of carbonyl (C=O) groups excluding carboxylic acids is 2. The highest BCUT2D eigenvalue weighted by molar-refractivity contribution is 5.93. The summed E-state index contributed by atoms with van der Waals surface area (Å²) in [5, 5.41) is 2.71. The largest absolute Gasteiger partial charge is 0.482 e. The number of aryl methyl sites for hydroxylation is 1. The smallest absolute Gasteiger partial charge is 0.344 e. The van der Waals surface area contributed by atoms with E-state index in [-0.39, 0.29) is 13.2 Å². The lowest BCUT2D eigenvalue weighted by Gasteiger charge is -2.28. The second kappa shape index (κ2) is 9.75. The summed E-state index contributed by atoms with van der Waals surface area (Å²) in [7, 11) is 0. The topological polar surface area (TPSA) is 77.1 Å². The molecule has 1 aliphatic heterocycles. The van der Waals surface area contributed by atoms with E-state index in [1.54, 1.807) is 6.07 Å². The highest BCUT2D eigenvalue weighted by atomic mass is 16.6. The van der Waals surface area contributed by atoms with Crippen molar-refractivity contribution in [1.29, 1.82) is 0 Å². The van der Waals surface area contributed by atoms with Gasteiger partial charge in [0, 0.05) is 24.5 Å². The molecule has 7 heteroatoms. The number of hydrogen-bond donors (Lipinski definition) is 1. The summed E-state index contributed by atoms with van der Waals surface area (Å²) >= 11 is 0. The Labute approximate surface area is 164 Å². The Morgan fingerprint density at radius 2 is 1.82 bits per heavy atom. The van der Waals surface area contributed by atoms with Gasteiger partial charge in [0.1, 0.15) is 5.75 Å². The molecule has 1 amide bonds. The molecule has 1 N–H and O–H groups in total. The Morgan fingerprint density at radius 3 is 2.54 bits per heavy atom. The number of rotatable bonds is 7. The Morgan fingerprint density at radius 1 is 1.07 bits per heavy atom. The molecule has 0 atom stereocenters. The molecule has 0 radical (unpaired) electrons. The predicted molar refractivity (Wildman–Crippen MR) is 106 cm³/mol. The minimum absolute atomic E-state index is 0.245. The fourth-order valence-corrected chi connectivity index (χ4v) is 2.81. The van der Waals surface area contributed by atoms with Crippen LogP contribution in [0.1, 0.15) is 5.56 Å². The molecular weight excluding hydrogens is 360 g/mol. The van der Waals surface area contributed by atoms with Crippen LogP contribution in [0.25, 0.3) is 0 Å². The first kappa shape index (κ1) is 19.7. The van der Waals surface area contributed by atoms with Crippen LogP contribution in [0.3, 0.4) is 0 Å². The number of ether oxygens (including phenoxy) is 3. The predicted octanol–water partition coefficient (Wildman–Crippen LogP) is 2.39. The summed E-state index contributed by atoms with van der Waals surface area (Å²) in [5.41, 5.74) is 2.76. The number of nitrogens with one attached hydrogen (secondary N) is 1. The molecule has 2 aromatic carbocycles. The molecule has 0 aliphatic carbocycles. The van der Waals surface area contributed by atoms with Crippen LogP contribution >= 0.6 is 0 Å².